The van der Waals surface area contributed by atoms with Gasteiger partial charge in [-0.1, -0.05) is 6.42 Å². The lowest BCUT2D eigenvalue weighted by atomic mass is 9.86. The van der Waals surface area contributed by atoms with Crippen molar-refractivity contribution in [2.24, 2.45) is 5.73 Å². The molecule has 0 radical (unpaired) electrons. The number of nitrogens with zero attached hydrogens (tertiary/aromatic N) is 2. The Balaban J connectivity index is 1.81. The summed E-state index contributed by atoms with van der Waals surface area (Å²) in [5, 5.41) is 0. The molecule has 2 aromatic rings. The van der Waals surface area contributed by atoms with E-state index in [9.17, 15) is 0 Å². The van der Waals surface area contributed by atoms with Gasteiger partial charge in [-0.2, -0.15) is 0 Å². The maximum Gasteiger partial charge on any atom is 0.109 e. The van der Waals surface area contributed by atoms with Gasteiger partial charge in [-0.3, -0.25) is 4.98 Å². The fourth-order valence-electron chi connectivity index (χ4n) is 2.70. The fraction of sp³-hybridized carbons (Fsp3) is 0.429. The highest BCUT2D eigenvalue weighted by molar-refractivity contribution is 5.57. The summed E-state index contributed by atoms with van der Waals surface area (Å²) in [6, 6.07) is 4.31. The molecule has 1 saturated carbocycles. The lowest BCUT2D eigenvalue weighted by Crippen LogP contribution is -2.27. The van der Waals surface area contributed by atoms with Gasteiger partial charge in [0.05, 0.1) is 11.9 Å². The average molecular weight is 242 g/mol. The first-order valence-corrected chi connectivity index (χ1v) is 6.54. The first-order valence-electron chi connectivity index (χ1n) is 6.54. The van der Waals surface area contributed by atoms with Crippen LogP contribution in [0.3, 0.4) is 0 Å². The molecule has 0 spiro atoms. The Morgan fingerprint density at radius 2 is 2.06 bits per heavy atom. The second kappa shape index (κ2) is 4.90. The molecule has 2 heterocycles. The zero-order chi connectivity index (χ0) is 12.4. The monoisotopic (exact) mass is 242 g/mol. The molecule has 0 bridgehead atoms. The Labute approximate surface area is 107 Å². The number of pyridine rings is 1. The zero-order valence-corrected chi connectivity index (χ0v) is 10.3. The minimum Gasteiger partial charge on any atom is -0.342 e. The molecule has 2 atom stereocenters. The Bertz CT molecular complexity index is 506. The Kier molecular flexibility index (Phi) is 3.11. The molecular weight excluding hydrogens is 224 g/mol. The Hall–Kier alpha value is -1.68. The van der Waals surface area contributed by atoms with Crippen LogP contribution in [0.1, 0.15) is 37.4 Å². The van der Waals surface area contributed by atoms with E-state index >= 15 is 0 Å². The molecule has 1 aliphatic carbocycles. The van der Waals surface area contributed by atoms with Crippen molar-refractivity contribution < 1.29 is 0 Å². The average Bonchev–Trinajstić information content (AvgIpc) is 2.89. The van der Waals surface area contributed by atoms with Crippen molar-refractivity contribution in [1.29, 1.82) is 0 Å². The number of nitrogens with one attached hydrogen (secondary N) is 1. The lowest BCUT2D eigenvalue weighted by Gasteiger charge is -2.24. The summed E-state index contributed by atoms with van der Waals surface area (Å²) < 4.78 is 0. The number of aromatic amines is 1. The van der Waals surface area contributed by atoms with Crippen molar-refractivity contribution in [2.75, 3.05) is 0 Å². The van der Waals surface area contributed by atoms with Crippen molar-refractivity contribution in [3.8, 4) is 11.3 Å². The van der Waals surface area contributed by atoms with Crippen LogP contribution in [-0.4, -0.2) is 21.0 Å². The molecule has 94 valence electrons. The lowest BCUT2D eigenvalue weighted by molar-refractivity contribution is 0.383. The van der Waals surface area contributed by atoms with E-state index in [4.69, 9.17) is 5.73 Å². The molecule has 4 heteroatoms. The third-order valence-electron chi connectivity index (χ3n) is 3.69. The largest absolute Gasteiger partial charge is 0.342 e. The van der Waals surface area contributed by atoms with Gasteiger partial charge in [-0.25, -0.2) is 4.98 Å². The van der Waals surface area contributed by atoms with Gasteiger partial charge in [0, 0.05) is 29.9 Å². The number of hydrogen-bond acceptors (Lipinski definition) is 3. The minimum absolute atomic E-state index is 0.332. The van der Waals surface area contributed by atoms with Crippen molar-refractivity contribution >= 4 is 0 Å². The van der Waals surface area contributed by atoms with Crippen molar-refractivity contribution in [2.45, 2.75) is 37.6 Å². The first-order chi connectivity index (χ1) is 8.83. The predicted molar refractivity (Wildman–Crippen MR) is 71.0 cm³/mol. The summed E-state index contributed by atoms with van der Waals surface area (Å²) in [6.45, 7) is 0. The Morgan fingerprint density at radius 3 is 2.83 bits per heavy atom. The van der Waals surface area contributed by atoms with Crippen molar-refractivity contribution in [3.05, 3.63) is 36.5 Å². The molecule has 2 unspecified atom stereocenters. The minimum atomic E-state index is 0.332. The van der Waals surface area contributed by atoms with Gasteiger partial charge in [-0.15, -0.1) is 0 Å². The predicted octanol–water partition coefficient (Wildman–Crippen LogP) is 2.46. The van der Waals surface area contributed by atoms with Gasteiger partial charge in [0.15, 0.2) is 0 Å². The second-order valence-electron chi connectivity index (χ2n) is 5.04. The third-order valence-corrected chi connectivity index (χ3v) is 3.69. The first kappa shape index (κ1) is 11.4. The van der Waals surface area contributed by atoms with Crippen LogP contribution in [0.15, 0.2) is 30.7 Å². The van der Waals surface area contributed by atoms with Crippen LogP contribution in [-0.2, 0) is 0 Å². The van der Waals surface area contributed by atoms with Crippen molar-refractivity contribution in [3.63, 3.8) is 0 Å². The molecule has 1 fully saturated rings. The van der Waals surface area contributed by atoms with E-state index in [0.29, 0.717) is 12.0 Å². The second-order valence-corrected chi connectivity index (χ2v) is 5.04. The summed E-state index contributed by atoms with van der Waals surface area (Å²) in [7, 11) is 0. The Morgan fingerprint density at radius 1 is 1.22 bits per heavy atom. The highest BCUT2D eigenvalue weighted by Crippen LogP contribution is 2.31. The van der Waals surface area contributed by atoms with Crippen molar-refractivity contribution in [1.82, 2.24) is 15.0 Å². The maximum atomic E-state index is 6.03. The molecule has 2 aromatic heterocycles. The molecule has 0 amide bonds. The summed E-state index contributed by atoms with van der Waals surface area (Å²) >= 11 is 0. The molecule has 0 saturated heterocycles. The van der Waals surface area contributed by atoms with Crippen LogP contribution >= 0.6 is 0 Å². The maximum absolute atomic E-state index is 6.03. The molecule has 4 nitrogen and oxygen atoms in total. The van der Waals surface area contributed by atoms with Crippen LogP contribution in [0.25, 0.3) is 11.3 Å². The normalized spacial score (nSPS) is 24.1. The van der Waals surface area contributed by atoms with Gasteiger partial charge < -0.3 is 10.7 Å². The SMILES string of the molecule is NC1CCCC(c2ncc(-c3ccncc3)[nH]2)C1. The van der Waals surface area contributed by atoms with E-state index in [0.717, 1.165) is 29.9 Å². The molecule has 18 heavy (non-hydrogen) atoms. The van der Waals surface area contributed by atoms with Crippen LogP contribution in [0.4, 0.5) is 0 Å². The molecule has 0 aliphatic heterocycles. The number of hydrogen-bond donors (Lipinski definition) is 2. The number of rotatable bonds is 2. The molecule has 1 aliphatic rings. The zero-order valence-electron chi connectivity index (χ0n) is 10.3. The smallest absolute Gasteiger partial charge is 0.109 e. The van der Waals surface area contributed by atoms with Crippen LogP contribution < -0.4 is 5.73 Å². The number of imidazole rings is 1. The number of nitrogens with two attached hydrogens (primary N) is 1. The fourth-order valence-corrected chi connectivity index (χ4v) is 2.70. The molecular formula is C14H18N4. The standard InChI is InChI=1S/C14H18N4/c15-12-3-1-2-11(8-12)14-17-9-13(18-14)10-4-6-16-7-5-10/h4-7,9,11-12H,1-3,8,15H2,(H,17,18). The van der Waals surface area contributed by atoms with E-state index in [1.807, 2.05) is 18.3 Å². The quantitative estimate of drug-likeness (QED) is 0.850. The van der Waals surface area contributed by atoms with E-state index in [-0.39, 0.29) is 0 Å². The molecule has 0 aromatic carbocycles. The van der Waals surface area contributed by atoms with E-state index < -0.39 is 0 Å². The van der Waals surface area contributed by atoms with E-state index in [1.54, 1.807) is 12.4 Å². The van der Waals surface area contributed by atoms with E-state index in [2.05, 4.69) is 15.0 Å². The van der Waals surface area contributed by atoms with Crippen LogP contribution in [0, 0.1) is 0 Å². The number of H-pyrrole nitrogens is 1. The third kappa shape index (κ3) is 2.29. The van der Waals surface area contributed by atoms with E-state index in [1.165, 1.54) is 12.8 Å². The summed E-state index contributed by atoms with van der Waals surface area (Å²) in [4.78, 5) is 12.0. The topological polar surface area (TPSA) is 67.6 Å². The highest BCUT2D eigenvalue weighted by Gasteiger charge is 2.22. The van der Waals surface area contributed by atoms with Crippen LogP contribution in [0.2, 0.25) is 0 Å². The van der Waals surface area contributed by atoms with Gasteiger partial charge in [-0.05, 0) is 31.4 Å². The van der Waals surface area contributed by atoms with Gasteiger partial charge >= 0.3 is 0 Å². The number of aromatic nitrogens is 3. The molecule has 3 rings (SSSR count). The summed E-state index contributed by atoms with van der Waals surface area (Å²) in [5.41, 5.74) is 8.22. The summed E-state index contributed by atoms with van der Waals surface area (Å²) in [6.07, 6.45) is 10.1. The summed E-state index contributed by atoms with van der Waals surface area (Å²) in [5.74, 6) is 1.57. The van der Waals surface area contributed by atoms with Gasteiger partial charge in [0.1, 0.15) is 5.82 Å². The highest BCUT2D eigenvalue weighted by atomic mass is 14.9. The van der Waals surface area contributed by atoms with Gasteiger partial charge in [0.2, 0.25) is 0 Å². The molecule has 3 N–H and O–H groups in total. The van der Waals surface area contributed by atoms with Gasteiger partial charge in [0.25, 0.3) is 0 Å². The van der Waals surface area contributed by atoms with Crippen LogP contribution in [0.5, 0.6) is 0 Å².